The molecule has 2 aliphatic rings. The van der Waals surface area contributed by atoms with E-state index in [9.17, 15) is 14.7 Å². The predicted molar refractivity (Wildman–Crippen MR) is 98.7 cm³/mol. The van der Waals surface area contributed by atoms with E-state index in [2.05, 4.69) is 27.7 Å². The highest BCUT2D eigenvalue weighted by molar-refractivity contribution is 7.09. The van der Waals surface area contributed by atoms with Crippen molar-refractivity contribution in [3.63, 3.8) is 0 Å². The van der Waals surface area contributed by atoms with Crippen LogP contribution in [0.5, 0.6) is 0 Å². The number of hydrogen-bond acceptors (Lipinski definition) is 5. The Morgan fingerprint density at radius 2 is 2.04 bits per heavy atom. The van der Waals surface area contributed by atoms with E-state index in [4.69, 9.17) is 4.98 Å². The minimum Gasteiger partial charge on any atom is -0.481 e. The fourth-order valence-electron chi connectivity index (χ4n) is 4.02. The minimum atomic E-state index is -0.871. The van der Waals surface area contributed by atoms with Crippen molar-refractivity contribution in [2.45, 2.75) is 31.3 Å². The molecule has 0 saturated carbocycles. The lowest BCUT2D eigenvalue weighted by Gasteiger charge is -2.41. The number of carboxylic acids is 1. The number of aliphatic carboxylic acids is 1. The minimum absolute atomic E-state index is 0.0995. The first-order valence-corrected chi connectivity index (χ1v) is 9.70. The predicted octanol–water partition coefficient (Wildman–Crippen LogP) is 2.37. The molecule has 2 fully saturated rings. The molecule has 1 atom stereocenters. The Hall–Kier alpha value is -2.25. The van der Waals surface area contributed by atoms with E-state index < -0.39 is 17.4 Å². The third kappa shape index (κ3) is 3.24. The van der Waals surface area contributed by atoms with E-state index in [0.29, 0.717) is 12.8 Å². The first-order chi connectivity index (χ1) is 12.6. The molecule has 1 aromatic heterocycles. The molecule has 4 rings (SSSR count). The SMILES string of the molecule is O=C1C[C@@H](C(=O)O)C2(CCN(Cc3nc(-c4ccccc4)cs3)CC2)N1. The lowest BCUT2D eigenvalue weighted by Crippen LogP contribution is -2.55. The van der Waals surface area contributed by atoms with Gasteiger partial charge in [-0.05, 0) is 12.8 Å². The van der Waals surface area contributed by atoms with Gasteiger partial charge >= 0.3 is 5.97 Å². The van der Waals surface area contributed by atoms with Gasteiger partial charge in [0.25, 0.3) is 0 Å². The van der Waals surface area contributed by atoms with E-state index in [0.717, 1.165) is 35.9 Å². The van der Waals surface area contributed by atoms with Gasteiger partial charge in [-0.15, -0.1) is 11.3 Å². The Morgan fingerprint density at radius 3 is 2.73 bits per heavy atom. The van der Waals surface area contributed by atoms with Gasteiger partial charge in [-0.1, -0.05) is 30.3 Å². The van der Waals surface area contributed by atoms with Crippen LogP contribution in [0.1, 0.15) is 24.3 Å². The van der Waals surface area contributed by atoms with E-state index in [1.807, 2.05) is 18.2 Å². The maximum Gasteiger partial charge on any atom is 0.309 e. The summed E-state index contributed by atoms with van der Waals surface area (Å²) in [5.41, 5.74) is 1.54. The van der Waals surface area contributed by atoms with Crippen LogP contribution >= 0.6 is 11.3 Å². The van der Waals surface area contributed by atoms with Crippen molar-refractivity contribution in [1.29, 1.82) is 0 Å². The number of carbonyl (C=O) groups is 2. The topological polar surface area (TPSA) is 82.5 Å². The molecule has 0 unspecified atom stereocenters. The highest BCUT2D eigenvalue weighted by Gasteiger charge is 2.51. The zero-order chi connectivity index (χ0) is 18.1. The molecule has 2 N–H and O–H groups in total. The number of nitrogens with zero attached hydrogens (tertiary/aromatic N) is 2. The molecule has 2 aliphatic heterocycles. The Balaban J connectivity index is 1.39. The van der Waals surface area contributed by atoms with Crippen molar-refractivity contribution in [3.8, 4) is 11.3 Å². The third-order valence-corrected chi connectivity index (χ3v) is 6.31. The van der Waals surface area contributed by atoms with Crippen molar-refractivity contribution in [2.24, 2.45) is 5.92 Å². The van der Waals surface area contributed by atoms with E-state index in [1.165, 1.54) is 0 Å². The number of hydrogen-bond donors (Lipinski definition) is 2. The molecule has 136 valence electrons. The van der Waals surface area contributed by atoms with Crippen LogP contribution in [0.3, 0.4) is 0 Å². The normalized spacial score (nSPS) is 22.5. The first kappa shape index (κ1) is 17.2. The number of thiazole rings is 1. The maximum atomic E-state index is 11.7. The highest BCUT2D eigenvalue weighted by atomic mass is 32.1. The molecular formula is C19H21N3O3S. The Morgan fingerprint density at radius 1 is 1.31 bits per heavy atom. The van der Waals surface area contributed by atoms with Crippen LogP contribution in [0.4, 0.5) is 0 Å². The van der Waals surface area contributed by atoms with Crippen molar-refractivity contribution in [2.75, 3.05) is 13.1 Å². The van der Waals surface area contributed by atoms with E-state index in [1.54, 1.807) is 11.3 Å². The van der Waals surface area contributed by atoms with Crippen molar-refractivity contribution < 1.29 is 14.7 Å². The second-order valence-electron chi connectivity index (χ2n) is 7.07. The molecule has 3 heterocycles. The molecule has 6 nitrogen and oxygen atoms in total. The molecule has 1 aromatic carbocycles. The van der Waals surface area contributed by atoms with Gasteiger partial charge in [0.2, 0.25) is 5.91 Å². The summed E-state index contributed by atoms with van der Waals surface area (Å²) in [7, 11) is 0. The van der Waals surface area contributed by atoms with Crippen molar-refractivity contribution in [1.82, 2.24) is 15.2 Å². The Labute approximate surface area is 155 Å². The fraction of sp³-hybridized carbons (Fsp3) is 0.421. The average Bonchev–Trinajstić information content (AvgIpc) is 3.23. The van der Waals surface area contributed by atoms with Crippen molar-refractivity contribution >= 4 is 23.2 Å². The Bertz CT molecular complexity index is 812. The van der Waals surface area contributed by atoms with Gasteiger partial charge in [0, 0.05) is 30.5 Å². The summed E-state index contributed by atoms with van der Waals surface area (Å²) in [6.45, 7) is 2.30. The molecule has 7 heteroatoms. The van der Waals surface area contributed by atoms with Crippen LogP contribution in [-0.4, -0.2) is 45.5 Å². The maximum absolute atomic E-state index is 11.7. The van der Waals surface area contributed by atoms with Crippen LogP contribution in [0.15, 0.2) is 35.7 Å². The number of piperidine rings is 1. The van der Waals surface area contributed by atoms with Gasteiger partial charge in [-0.3, -0.25) is 14.5 Å². The van der Waals surface area contributed by atoms with E-state index in [-0.39, 0.29) is 12.3 Å². The number of rotatable bonds is 4. The summed E-state index contributed by atoms with van der Waals surface area (Å²) in [5.74, 6) is -1.62. The van der Waals surface area contributed by atoms with Gasteiger partial charge in [0.15, 0.2) is 0 Å². The summed E-state index contributed by atoms with van der Waals surface area (Å²) in [4.78, 5) is 30.3. The van der Waals surface area contributed by atoms with Crippen LogP contribution < -0.4 is 5.32 Å². The van der Waals surface area contributed by atoms with Crippen LogP contribution in [0.25, 0.3) is 11.3 Å². The number of likely N-dealkylation sites (tertiary alicyclic amines) is 1. The molecule has 1 spiro atoms. The first-order valence-electron chi connectivity index (χ1n) is 8.82. The molecule has 2 aromatic rings. The fourth-order valence-corrected chi connectivity index (χ4v) is 4.86. The van der Waals surface area contributed by atoms with Crippen LogP contribution in [0, 0.1) is 5.92 Å². The van der Waals surface area contributed by atoms with Gasteiger partial charge in [0.1, 0.15) is 5.01 Å². The highest BCUT2D eigenvalue weighted by Crippen LogP contribution is 2.37. The molecule has 1 amide bonds. The Kier molecular flexibility index (Phi) is 4.50. The molecular weight excluding hydrogens is 350 g/mol. The standard InChI is InChI=1S/C19H21N3O3S/c23-16-10-14(18(24)25)19(21-16)6-8-22(9-7-19)11-17-20-15(12-26-17)13-4-2-1-3-5-13/h1-5,12,14H,6-11H2,(H,21,23)(H,24,25)/t14-/m0/s1. The number of carbonyl (C=O) groups excluding carboxylic acids is 1. The zero-order valence-electron chi connectivity index (χ0n) is 14.4. The molecule has 0 radical (unpaired) electrons. The molecule has 2 saturated heterocycles. The van der Waals surface area contributed by atoms with E-state index >= 15 is 0 Å². The number of aromatic nitrogens is 1. The molecule has 0 aliphatic carbocycles. The zero-order valence-corrected chi connectivity index (χ0v) is 15.2. The second-order valence-corrected chi connectivity index (χ2v) is 8.01. The third-order valence-electron chi connectivity index (χ3n) is 5.47. The van der Waals surface area contributed by atoms with Crippen LogP contribution in [0.2, 0.25) is 0 Å². The molecule has 26 heavy (non-hydrogen) atoms. The second kappa shape index (κ2) is 6.81. The van der Waals surface area contributed by atoms with Gasteiger partial charge in [-0.2, -0.15) is 0 Å². The van der Waals surface area contributed by atoms with Crippen molar-refractivity contribution in [3.05, 3.63) is 40.7 Å². The number of carboxylic acid groups (broad SMARTS) is 1. The number of benzene rings is 1. The van der Waals surface area contributed by atoms with Gasteiger partial charge < -0.3 is 10.4 Å². The summed E-state index contributed by atoms with van der Waals surface area (Å²) in [5, 5.41) is 15.5. The van der Waals surface area contributed by atoms with Gasteiger partial charge in [-0.25, -0.2) is 4.98 Å². The molecule has 0 bridgehead atoms. The van der Waals surface area contributed by atoms with Gasteiger partial charge in [0.05, 0.1) is 23.7 Å². The lowest BCUT2D eigenvalue weighted by atomic mass is 9.78. The average molecular weight is 371 g/mol. The number of nitrogens with one attached hydrogen (secondary N) is 1. The quantitative estimate of drug-likeness (QED) is 0.862. The number of amides is 1. The summed E-state index contributed by atoms with van der Waals surface area (Å²) >= 11 is 1.65. The lowest BCUT2D eigenvalue weighted by molar-refractivity contribution is -0.144. The summed E-state index contributed by atoms with van der Waals surface area (Å²) < 4.78 is 0. The van der Waals surface area contributed by atoms with Crippen LogP contribution in [-0.2, 0) is 16.1 Å². The smallest absolute Gasteiger partial charge is 0.309 e. The largest absolute Gasteiger partial charge is 0.481 e. The summed E-state index contributed by atoms with van der Waals surface area (Å²) in [6, 6.07) is 10.1. The summed E-state index contributed by atoms with van der Waals surface area (Å²) in [6.07, 6.45) is 1.45. The monoisotopic (exact) mass is 371 g/mol.